The molecule has 0 aliphatic heterocycles. The zero-order valence-corrected chi connectivity index (χ0v) is 8.41. The second kappa shape index (κ2) is 4.84. The van der Waals surface area contributed by atoms with Crippen LogP contribution in [0.3, 0.4) is 0 Å². The Kier molecular flexibility index (Phi) is 3.04. The van der Waals surface area contributed by atoms with Gasteiger partial charge in [-0.3, -0.25) is 4.68 Å². The molecule has 7 nitrogen and oxygen atoms in total. The Labute approximate surface area is 91.8 Å². The van der Waals surface area contributed by atoms with Crippen molar-refractivity contribution in [3.63, 3.8) is 0 Å². The quantitative estimate of drug-likeness (QED) is 0.774. The first-order valence-corrected chi connectivity index (χ1v) is 4.68. The molecule has 0 aromatic carbocycles. The molecule has 0 amide bonds. The van der Waals surface area contributed by atoms with E-state index in [1.165, 1.54) is 6.33 Å². The van der Waals surface area contributed by atoms with Gasteiger partial charge in [0.05, 0.1) is 6.54 Å². The highest BCUT2D eigenvalue weighted by molar-refractivity contribution is 5.34. The molecule has 0 aliphatic rings. The molecule has 7 heteroatoms. The minimum absolute atomic E-state index is 0.158. The van der Waals surface area contributed by atoms with E-state index in [1.807, 2.05) is 6.07 Å². The van der Waals surface area contributed by atoms with Crippen LogP contribution >= 0.6 is 0 Å². The Morgan fingerprint density at radius 2 is 2.44 bits per heavy atom. The van der Waals surface area contributed by atoms with Crippen molar-refractivity contribution in [1.29, 1.82) is 5.26 Å². The van der Waals surface area contributed by atoms with Gasteiger partial charge in [-0.15, -0.1) is 0 Å². The molecule has 16 heavy (non-hydrogen) atoms. The Morgan fingerprint density at radius 1 is 1.50 bits per heavy atom. The van der Waals surface area contributed by atoms with Crippen molar-refractivity contribution in [2.24, 2.45) is 0 Å². The van der Waals surface area contributed by atoms with E-state index in [2.05, 4.69) is 25.4 Å². The van der Waals surface area contributed by atoms with Crippen molar-refractivity contribution in [3.8, 4) is 6.07 Å². The first kappa shape index (κ1) is 10.0. The Bertz CT molecular complexity index is 485. The van der Waals surface area contributed by atoms with Gasteiger partial charge >= 0.3 is 0 Å². The minimum atomic E-state index is 0.158. The van der Waals surface area contributed by atoms with Crippen LogP contribution in [-0.4, -0.2) is 31.3 Å². The fraction of sp³-hybridized carbons (Fsp3) is 0.222. The fourth-order valence-electron chi connectivity index (χ4n) is 1.16. The minimum Gasteiger partial charge on any atom is -0.368 e. The fourth-order valence-corrected chi connectivity index (χ4v) is 1.16. The molecule has 0 radical (unpaired) electrons. The lowest BCUT2D eigenvalue weighted by Gasteiger charge is -2.04. The van der Waals surface area contributed by atoms with Gasteiger partial charge in [-0.1, -0.05) is 0 Å². The van der Waals surface area contributed by atoms with Crippen LogP contribution in [0.25, 0.3) is 0 Å². The summed E-state index contributed by atoms with van der Waals surface area (Å²) in [5.41, 5.74) is 0. The molecule has 0 atom stereocenters. The summed E-state index contributed by atoms with van der Waals surface area (Å²) in [5, 5.41) is 15.6. The van der Waals surface area contributed by atoms with E-state index < -0.39 is 0 Å². The summed E-state index contributed by atoms with van der Waals surface area (Å²) in [6, 6.07) is 3.59. The highest BCUT2D eigenvalue weighted by Crippen LogP contribution is 2.00. The maximum absolute atomic E-state index is 8.61. The lowest BCUT2D eigenvalue weighted by atomic mass is 10.5. The molecule has 2 rings (SSSR count). The molecule has 0 unspecified atom stereocenters. The van der Waals surface area contributed by atoms with Gasteiger partial charge in [0.1, 0.15) is 24.5 Å². The number of hydrogen-bond acceptors (Lipinski definition) is 6. The normalized spacial score (nSPS) is 9.69. The molecular formula is C9H9N7. The summed E-state index contributed by atoms with van der Waals surface area (Å²) in [6.07, 6.45) is 4.67. The highest BCUT2D eigenvalue weighted by atomic mass is 15.3. The third-order valence-electron chi connectivity index (χ3n) is 1.87. The van der Waals surface area contributed by atoms with Crippen molar-refractivity contribution in [2.75, 3.05) is 11.9 Å². The lowest BCUT2D eigenvalue weighted by molar-refractivity contribution is 0.635. The number of hydrogen-bond donors (Lipinski definition) is 1. The lowest BCUT2D eigenvalue weighted by Crippen LogP contribution is -2.12. The number of nitriles is 1. The predicted octanol–water partition coefficient (Wildman–Crippen LogP) is 0.0519. The van der Waals surface area contributed by atoms with E-state index in [0.29, 0.717) is 18.9 Å². The molecular weight excluding hydrogens is 206 g/mol. The van der Waals surface area contributed by atoms with Crippen LogP contribution < -0.4 is 5.32 Å². The number of aromatic nitrogens is 5. The third-order valence-corrected chi connectivity index (χ3v) is 1.87. The van der Waals surface area contributed by atoms with E-state index >= 15 is 0 Å². The largest absolute Gasteiger partial charge is 0.368 e. The second-order valence-electron chi connectivity index (χ2n) is 2.96. The molecule has 1 N–H and O–H groups in total. The molecule has 80 valence electrons. The van der Waals surface area contributed by atoms with Gasteiger partial charge < -0.3 is 5.32 Å². The van der Waals surface area contributed by atoms with Crippen LogP contribution in [0.1, 0.15) is 5.82 Å². The first-order valence-electron chi connectivity index (χ1n) is 4.68. The Morgan fingerprint density at radius 3 is 3.19 bits per heavy atom. The molecule has 2 aromatic rings. The van der Waals surface area contributed by atoms with Crippen molar-refractivity contribution in [1.82, 2.24) is 24.7 Å². The van der Waals surface area contributed by atoms with Gasteiger partial charge in [0.25, 0.3) is 0 Å². The zero-order valence-electron chi connectivity index (χ0n) is 8.41. The number of anilines is 1. The van der Waals surface area contributed by atoms with Crippen LogP contribution in [0.15, 0.2) is 24.9 Å². The first-order chi connectivity index (χ1) is 7.88. The van der Waals surface area contributed by atoms with Crippen LogP contribution in [0.5, 0.6) is 0 Å². The molecule has 0 fully saturated rings. The number of nitrogens with zero attached hydrogens (tertiary/aromatic N) is 6. The summed E-state index contributed by atoms with van der Waals surface area (Å²) < 4.78 is 1.71. The number of rotatable bonds is 4. The third kappa shape index (κ3) is 2.51. The summed E-state index contributed by atoms with van der Waals surface area (Å²) in [7, 11) is 0. The SMILES string of the molecule is N#Cc1nccc(NCCn2cncn2)n1. The maximum Gasteiger partial charge on any atom is 0.234 e. The van der Waals surface area contributed by atoms with Gasteiger partial charge in [0.15, 0.2) is 0 Å². The van der Waals surface area contributed by atoms with E-state index in [-0.39, 0.29) is 5.82 Å². The molecule has 0 saturated carbocycles. The average molecular weight is 215 g/mol. The van der Waals surface area contributed by atoms with Crippen LogP contribution in [-0.2, 0) is 6.54 Å². The molecule has 0 aliphatic carbocycles. The van der Waals surface area contributed by atoms with Crippen LogP contribution in [0, 0.1) is 11.3 Å². The Balaban J connectivity index is 1.88. The van der Waals surface area contributed by atoms with Crippen LogP contribution in [0.2, 0.25) is 0 Å². The average Bonchev–Trinajstić information content (AvgIpc) is 2.82. The monoisotopic (exact) mass is 215 g/mol. The summed E-state index contributed by atoms with van der Waals surface area (Å²) in [6.45, 7) is 1.34. The van der Waals surface area contributed by atoms with Gasteiger partial charge in [-0.05, 0) is 6.07 Å². The standard InChI is InChI=1S/C9H9N7/c10-5-9-12-2-1-8(15-9)13-3-4-16-7-11-6-14-16/h1-2,6-7H,3-4H2,(H,12,13,15). The molecule has 2 aromatic heterocycles. The molecule has 2 heterocycles. The van der Waals surface area contributed by atoms with Gasteiger partial charge in [-0.2, -0.15) is 10.4 Å². The van der Waals surface area contributed by atoms with Crippen molar-refractivity contribution in [2.45, 2.75) is 6.54 Å². The Hall–Kier alpha value is -2.49. The summed E-state index contributed by atoms with van der Waals surface area (Å²) in [5.74, 6) is 0.789. The van der Waals surface area contributed by atoms with Crippen molar-refractivity contribution < 1.29 is 0 Å². The number of nitrogens with one attached hydrogen (secondary N) is 1. The highest BCUT2D eigenvalue weighted by Gasteiger charge is 1.97. The van der Waals surface area contributed by atoms with Crippen molar-refractivity contribution >= 4 is 5.82 Å². The van der Waals surface area contributed by atoms with E-state index in [9.17, 15) is 0 Å². The van der Waals surface area contributed by atoms with Gasteiger partial charge in [-0.25, -0.2) is 15.0 Å². The summed E-state index contributed by atoms with van der Waals surface area (Å²) >= 11 is 0. The van der Waals surface area contributed by atoms with Crippen LogP contribution in [0.4, 0.5) is 5.82 Å². The van der Waals surface area contributed by atoms with E-state index in [4.69, 9.17) is 5.26 Å². The predicted molar refractivity (Wildman–Crippen MR) is 55.3 cm³/mol. The maximum atomic E-state index is 8.61. The topological polar surface area (TPSA) is 92.3 Å². The second-order valence-corrected chi connectivity index (χ2v) is 2.96. The van der Waals surface area contributed by atoms with Crippen molar-refractivity contribution in [3.05, 3.63) is 30.7 Å². The van der Waals surface area contributed by atoms with E-state index in [0.717, 1.165) is 0 Å². The van der Waals surface area contributed by atoms with Gasteiger partial charge in [0, 0.05) is 12.7 Å². The zero-order chi connectivity index (χ0) is 11.2. The van der Waals surface area contributed by atoms with Gasteiger partial charge in [0.2, 0.25) is 5.82 Å². The van der Waals surface area contributed by atoms with E-state index in [1.54, 1.807) is 23.3 Å². The summed E-state index contributed by atoms with van der Waals surface area (Å²) in [4.78, 5) is 11.6. The molecule has 0 saturated heterocycles. The molecule has 0 spiro atoms. The molecule has 0 bridgehead atoms. The smallest absolute Gasteiger partial charge is 0.234 e.